The summed E-state index contributed by atoms with van der Waals surface area (Å²) in [7, 11) is 1.38. The number of carbonyl (C=O) groups excluding carboxylic acids is 1. The van der Waals surface area contributed by atoms with Gasteiger partial charge in [-0.15, -0.1) is 0 Å². The zero-order valence-corrected chi connectivity index (χ0v) is 13.7. The van der Waals surface area contributed by atoms with Gasteiger partial charge in [0.2, 0.25) is 0 Å². The van der Waals surface area contributed by atoms with Crippen molar-refractivity contribution in [3.05, 3.63) is 46.3 Å². The molecule has 0 bridgehead atoms. The Morgan fingerprint density at radius 3 is 2.64 bits per heavy atom. The van der Waals surface area contributed by atoms with Crippen molar-refractivity contribution in [3.8, 4) is 5.75 Å². The van der Waals surface area contributed by atoms with Gasteiger partial charge in [0, 0.05) is 12.3 Å². The molecule has 0 aliphatic rings. The van der Waals surface area contributed by atoms with Gasteiger partial charge in [0.25, 0.3) is 11.6 Å². The first-order chi connectivity index (χ1) is 11.7. The highest BCUT2D eigenvalue weighted by Gasteiger charge is 2.30. The second kappa shape index (κ2) is 6.59. The molecule has 1 aromatic carbocycles. The molecule has 0 fully saturated rings. The summed E-state index contributed by atoms with van der Waals surface area (Å²) in [5.74, 6) is -1.55. The number of nitro groups is 1. The number of hydrogen-bond donors (Lipinski definition) is 2. The van der Waals surface area contributed by atoms with Gasteiger partial charge in [0.15, 0.2) is 5.54 Å². The number of methoxy groups -OCH3 is 1. The minimum absolute atomic E-state index is 0.186. The smallest absolute Gasteiger partial charge is 0.331 e. The van der Waals surface area contributed by atoms with Crippen molar-refractivity contribution >= 4 is 23.3 Å². The van der Waals surface area contributed by atoms with Crippen molar-refractivity contribution in [1.29, 1.82) is 0 Å². The number of anilines is 1. The Hall–Kier alpha value is -3.43. The van der Waals surface area contributed by atoms with E-state index in [1.807, 2.05) is 0 Å². The monoisotopic (exact) mass is 348 g/mol. The van der Waals surface area contributed by atoms with Crippen LogP contribution >= 0.6 is 0 Å². The number of nitrogens with one attached hydrogen (secondary N) is 1. The van der Waals surface area contributed by atoms with Gasteiger partial charge in [-0.2, -0.15) is 5.10 Å². The fourth-order valence-electron chi connectivity index (χ4n) is 1.97. The molecule has 10 nitrogen and oxygen atoms in total. The highest BCUT2D eigenvalue weighted by Crippen LogP contribution is 2.25. The average molecular weight is 348 g/mol. The predicted octanol–water partition coefficient (Wildman–Crippen LogP) is 1.87. The van der Waals surface area contributed by atoms with Crippen LogP contribution in [0.2, 0.25) is 0 Å². The number of hydrogen-bond acceptors (Lipinski definition) is 6. The number of amides is 1. The van der Waals surface area contributed by atoms with Crippen molar-refractivity contribution in [2.45, 2.75) is 19.4 Å². The SMILES string of the molecule is COc1ccc([N+](=O)[O-])c(C(=O)Nc2cnn(C(C)(C)C(=O)O)c2)c1. The van der Waals surface area contributed by atoms with Crippen molar-refractivity contribution < 1.29 is 24.4 Å². The maximum atomic E-state index is 12.4. The molecule has 0 saturated carbocycles. The van der Waals surface area contributed by atoms with E-state index in [2.05, 4.69) is 10.4 Å². The maximum Gasteiger partial charge on any atom is 0.331 e. The molecular weight excluding hydrogens is 332 g/mol. The van der Waals surface area contributed by atoms with E-state index >= 15 is 0 Å². The number of nitro benzene ring substituents is 1. The number of nitrogens with zero attached hydrogens (tertiary/aromatic N) is 3. The third-order valence-electron chi connectivity index (χ3n) is 3.58. The van der Waals surface area contributed by atoms with Gasteiger partial charge >= 0.3 is 5.97 Å². The van der Waals surface area contributed by atoms with Crippen molar-refractivity contribution in [3.63, 3.8) is 0 Å². The van der Waals surface area contributed by atoms with Gasteiger partial charge in [-0.1, -0.05) is 0 Å². The lowest BCUT2D eigenvalue weighted by Gasteiger charge is -2.19. The Kier molecular flexibility index (Phi) is 4.72. The molecule has 0 atom stereocenters. The van der Waals surface area contributed by atoms with E-state index < -0.39 is 22.3 Å². The molecule has 0 unspecified atom stereocenters. The van der Waals surface area contributed by atoms with Crippen LogP contribution in [0.15, 0.2) is 30.6 Å². The number of carboxylic acids is 1. The zero-order chi connectivity index (χ0) is 18.8. The van der Waals surface area contributed by atoms with E-state index in [-0.39, 0.29) is 16.9 Å². The standard InChI is InChI=1S/C15H16N4O6/c1-15(2,14(21)22)18-8-9(7-16-18)17-13(20)11-6-10(25-3)4-5-12(11)19(23)24/h4-8H,1-3H3,(H,17,20)(H,21,22). The Bertz CT molecular complexity index is 842. The van der Waals surface area contributed by atoms with Crippen LogP contribution in [-0.4, -0.2) is 38.8 Å². The van der Waals surface area contributed by atoms with E-state index in [0.29, 0.717) is 5.75 Å². The Balaban J connectivity index is 2.30. The summed E-state index contributed by atoms with van der Waals surface area (Å²) in [5, 5.41) is 26.6. The van der Waals surface area contributed by atoms with Crippen LogP contribution < -0.4 is 10.1 Å². The normalized spacial score (nSPS) is 11.0. The summed E-state index contributed by atoms with van der Waals surface area (Å²) in [5.41, 5.74) is -1.67. The molecule has 10 heteroatoms. The number of carbonyl (C=O) groups is 2. The third kappa shape index (κ3) is 3.57. The summed E-state index contributed by atoms with van der Waals surface area (Å²) in [6.45, 7) is 2.89. The summed E-state index contributed by atoms with van der Waals surface area (Å²) in [4.78, 5) is 34.0. The summed E-state index contributed by atoms with van der Waals surface area (Å²) >= 11 is 0. The molecule has 1 amide bonds. The van der Waals surface area contributed by atoms with Crippen molar-refractivity contribution in [2.24, 2.45) is 0 Å². The van der Waals surface area contributed by atoms with Crippen LogP contribution in [0.3, 0.4) is 0 Å². The van der Waals surface area contributed by atoms with Crippen LogP contribution in [0, 0.1) is 10.1 Å². The lowest BCUT2D eigenvalue weighted by molar-refractivity contribution is -0.385. The quantitative estimate of drug-likeness (QED) is 0.600. The fourth-order valence-corrected chi connectivity index (χ4v) is 1.97. The predicted molar refractivity (Wildman–Crippen MR) is 86.8 cm³/mol. The van der Waals surface area contributed by atoms with E-state index in [4.69, 9.17) is 4.74 Å². The first kappa shape index (κ1) is 17.9. The summed E-state index contributed by atoms with van der Waals surface area (Å²) in [6, 6.07) is 3.80. The molecule has 132 valence electrons. The van der Waals surface area contributed by atoms with Crippen molar-refractivity contribution in [1.82, 2.24) is 9.78 Å². The molecule has 1 heterocycles. The van der Waals surface area contributed by atoms with Gasteiger partial charge < -0.3 is 15.2 Å². The maximum absolute atomic E-state index is 12.4. The molecule has 0 saturated heterocycles. The lowest BCUT2D eigenvalue weighted by atomic mass is 10.1. The summed E-state index contributed by atoms with van der Waals surface area (Å²) in [6.07, 6.45) is 2.59. The van der Waals surface area contributed by atoms with Gasteiger partial charge in [0.1, 0.15) is 11.3 Å². The van der Waals surface area contributed by atoms with Gasteiger partial charge in [-0.05, 0) is 26.0 Å². The highest BCUT2D eigenvalue weighted by atomic mass is 16.6. The van der Waals surface area contributed by atoms with Crippen molar-refractivity contribution in [2.75, 3.05) is 12.4 Å². The molecule has 1 aromatic heterocycles. The van der Waals surface area contributed by atoms with E-state index in [1.54, 1.807) is 0 Å². The van der Waals surface area contributed by atoms with E-state index in [1.165, 1.54) is 56.2 Å². The molecule has 0 radical (unpaired) electrons. The third-order valence-corrected chi connectivity index (χ3v) is 3.58. The lowest BCUT2D eigenvalue weighted by Crippen LogP contribution is -2.35. The Morgan fingerprint density at radius 2 is 2.08 bits per heavy atom. The minimum Gasteiger partial charge on any atom is -0.497 e. The van der Waals surface area contributed by atoms with Gasteiger partial charge in [-0.25, -0.2) is 4.79 Å². The number of aromatic nitrogens is 2. The van der Waals surface area contributed by atoms with Crippen LogP contribution in [0.5, 0.6) is 5.75 Å². The first-order valence-electron chi connectivity index (χ1n) is 7.09. The topological polar surface area (TPSA) is 137 Å². The van der Waals surface area contributed by atoms with Crippen LogP contribution in [0.25, 0.3) is 0 Å². The highest BCUT2D eigenvalue weighted by molar-refractivity contribution is 6.07. The van der Waals surface area contributed by atoms with Crippen LogP contribution in [0.4, 0.5) is 11.4 Å². The van der Waals surface area contributed by atoms with Crippen LogP contribution in [-0.2, 0) is 10.3 Å². The average Bonchev–Trinajstić information content (AvgIpc) is 3.03. The Labute approximate surface area is 142 Å². The molecule has 25 heavy (non-hydrogen) atoms. The molecule has 2 N–H and O–H groups in total. The Morgan fingerprint density at radius 1 is 1.40 bits per heavy atom. The molecular formula is C15H16N4O6. The molecule has 2 rings (SSSR count). The van der Waals surface area contributed by atoms with Gasteiger partial charge in [-0.3, -0.25) is 19.6 Å². The zero-order valence-electron chi connectivity index (χ0n) is 13.7. The summed E-state index contributed by atoms with van der Waals surface area (Å²) < 4.78 is 6.15. The van der Waals surface area contributed by atoms with E-state index in [0.717, 1.165) is 0 Å². The second-order valence-corrected chi connectivity index (χ2v) is 5.63. The van der Waals surface area contributed by atoms with E-state index in [9.17, 15) is 24.8 Å². The molecule has 2 aromatic rings. The minimum atomic E-state index is -1.31. The fraction of sp³-hybridized carbons (Fsp3) is 0.267. The van der Waals surface area contributed by atoms with Crippen LogP contribution in [0.1, 0.15) is 24.2 Å². The number of aliphatic carboxylic acids is 1. The van der Waals surface area contributed by atoms with Gasteiger partial charge in [0.05, 0.1) is 23.9 Å². The largest absolute Gasteiger partial charge is 0.497 e. The number of rotatable bonds is 6. The molecule has 0 aliphatic heterocycles. The molecule has 0 spiro atoms. The number of carboxylic acid groups (broad SMARTS) is 1. The molecule has 0 aliphatic carbocycles. The first-order valence-corrected chi connectivity index (χ1v) is 7.09. The number of benzene rings is 1. The second-order valence-electron chi connectivity index (χ2n) is 5.63. The number of ether oxygens (including phenoxy) is 1.